The third-order valence-corrected chi connectivity index (χ3v) is 17.4. The van der Waals surface area contributed by atoms with E-state index in [1.807, 2.05) is 0 Å². The fourth-order valence-electron chi connectivity index (χ4n) is 11.3. The molecule has 8 aromatic carbocycles. The monoisotopic (exact) mass is 977 g/mol. The minimum absolute atomic E-state index is 0.972. The highest BCUT2D eigenvalue weighted by molar-refractivity contribution is 5.51. The maximum atomic E-state index is 2.48. The van der Waals surface area contributed by atoms with Crippen molar-refractivity contribution in [3.8, 4) is 0 Å². The lowest BCUT2D eigenvalue weighted by molar-refractivity contribution is 1.03. The third-order valence-electron chi connectivity index (χ3n) is 17.4. The van der Waals surface area contributed by atoms with Crippen LogP contribution in [0.3, 0.4) is 0 Å². The average molecular weight is 978 g/mol. The second-order valence-corrected chi connectivity index (χ2v) is 23.3. The van der Waals surface area contributed by atoms with Gasteiger partial charge in [-0.25, -0.2) is 0 Å². The van der Waals surface area contributed by atoms with Crippen LogP contribution in [-0.2, 0) is 38.5 Å². The van der Waals surface area contributed by atoms with E-state index in [4.69, 9.17) is 0 Å². The Bertz CT molecular complexity index is 3220. The van der Waals surface area contributed by atoms with E-state index >= 15 is 0 Å². The first-order valence-corrected chi connectivity index (χ1v) is 27.5. The van der Waals surface area contributed by atoms with Crippen LogP contribution in [0.15, 0.2) is 97.1 Å². The zero-order valence-corrected chi connectivity index (χ0v) is 49.5. The van der Waals surface area contributed by atoms with Gasteiger partial charge in [0.05, 0.1) is 0 Å². The molecule has 0 heteroatoms. The number of hydrogen-bond acceptors (Lipinski definition) is 0. The number of aryl methyl sites for hydroxylation is 17. The quantitative estimate of drug-likeness (QED) is 0.114. The Morgan fingerprint density at radius 1 is 0.149 bits per heavy atom. The molecule has 8 aromatic rings. The van der Waals surface area contributed by atoms with Gasteiger partial charge >= 0.3 is 0 Å². The predicted molar refractivity (Wildman–Crippen MR) is 323 cm³/mol. The fourth-order valence-corrected chi connectivity index (χ4v) is 11.3. The maximum absolute atomic E-state index is 2.48. The van der Waals surface area contributed by atoms with E-state index in [0.717, 1.165) is 38.5 Å². The molecule has 0 spiro atoms. The topological polar surface area (TPSA) is 0 Å². The molecule has 0 fully saturated rings. The molecule has 0 amide bonds. The number of hydrogen-bond donors (Lipinski definition) is 0. The summed E-state index contributed by atoms with van der Waals surface area (Å²) in [5, 5.41) is 0. The van der Waals surface area contributed by atoms with Gasteiger partial charge in [0.1, 0.15) is 0 Å². The first-order valence-electron chi connectivity index (χ1n) is 27.5. The van der Waals surface area contributed by atoms with Gasteiger partial charge in [0.25, 0.3) is 0 Å². The Labute approximate surface area is 449 Å². The fraction of sp³-hybridized carbons (Fsp3) is 0.351. The van der Waals surface area contributed by atoms with E-state index in [9.17, 15) is 0 Å². The van der Waals surface area contributed by atoms with Crippen LogP contribution >= 0.6 is 0 Å². The molecule has 0 nitrogen and oxygen atoms in total. The largest absolute Gasteiger partial charge is 0.0558 e. The van der Waals surface area contributed by atoms with Crippen LogP contribution < -0.4 is 0 Å². The molecule has 0 radical (unpaired) electrons. The van der Waals surface area contributed by atoms with Crippen molar-refractivity contribution < 1.29 is 0 Å². The summed E-state index contributed by atoms with van der Waals surface area (Å²) in [6.07, 6.45) is 5.91. The van der Waals surface area contributed by atoms with Crippen molar-refractivity contribution in [2.45, 2.75) is 177 Å². The summed E-state index contributed by atoms with van der Waals surface area (Å²) < 4.78 is 0. The lowest BCUT2D eigenvalue weighted by Crippen LogP contribution is -2.05. The Kier molecular flexibility index (Phi) is 17.3. The van der Waals surface area contributed by atoms with Crippen LogP contribution in [0.2, 0.25) is 0 Å². The molecule has 384 valence electrons. The summed E-state index contributed by atoms with van der Waals surface area (Å²) in [5.41, 5.74) is 45.1. The third kappa shape index (κ3) is 13.0. The highest BCUT2D eigenvalue weighted by Gasteiger charge is 2.16. The second kappa shape index (κ2) is 23.1. The van der Waals surface area contributed by atoms with Crippen molar-refractivity contribution in [3.63, 3.8) is 0 Å². The molecule has 0 aliphatic rings. The molecular weight excluding hydrogens is 889 g/mol. The van der Waals surface area contributed by atoms with E-state index in [1.54, 1.807) is 0 Å². The first kappa shape index (κ1) is 55.5. The SMILES string of the molecule is Cc1cc(C)c(Cc2cc(Cc3cc(C)c(C)c(Cc4cc(C)c(C)cc4C)c3)cc(C)c2C)cc1C.Cc1cc(C)c(Cc2cc(Cc3cc(C)c(C)cc3C)c(C)c(Cc3cc(C)c(C)cc3C)c2)cc1C. The summed E-state index contributed by atoms with van der Waals surface area (Å²) in [4.78, 5) is 0. The highest BCUT2D eigenvalue weighted by Crippen LogP contribution is 2.31. The van der Waals surface area contributed by atoms with Crippen molar-refractivity contribution in [1.82, 2.24) is 0 Å². The lowest BCUT2D eigenvalue weighted by atomic mass is 9.86. The molecule has 8 rings (SSSR count). The summed E-state index contributed by atoms with van der Waals surface area (Å²) in [6.45, 7) is 44.9. The molecule has 0 heterocycles. The maximum Gasteiger partial charge on any atom is -0.00202 e. The van der Waals surface area contributed by atoms with Crippen LogP contribution in [0.5, 0.6) is 0 Å². The Hall–Kier alpha value is -6.24. The molecule has 0 unspecified atom stereocenters. The molecule has 0 atom stereocenters. The van der Waals surface area contributed by atoms with Crippen LogP contribution in [0.25, 0.3) is 0 Å². The molecule has 0 bridgehead atoms. The smallest absolute Gasteiger partial charge is 0.00202 e. The van der Waals surface area contributed by atoms with Gasteiger partial charge in [-0.1, -0.05) is 97.1 Å². The molecule has 74 heavy (non-hydrogen) atoms. The van der Waals surface area contributed by atoms with Gasteiger partial charge in [-0.15, -0.1) is 0 Å². The van der Waals surface area contributed by atoms with Gasteiger partial charge in [0.15, 0.2) is 0 Å². The lowest BCUT2D eigenvalue weighted by Gasteiger charge is -2.19. The van der Waals surface area contributed by atoms with Gasteiger partial charge in [-0.3, -0.25) is 0 Å². The predicted octanol–water partition coefficient (Wildman–Crippen LogP) is 19.1. The van der Waals surface area contributed by atoms with Gasteiger partial charge < -0.3 is 0 Å². The molecule has 0 aromatic heterocycles. The van der Waals surface area contributed by atoms with Gasteiger partial charge in [-0.2, -0.15) is 0 Å². The van der Waals surface area contributed by atoms with Gasteiger partial charge in [0.2, 0.25) is 0 Å². The minimum atomic E-state index is 0.972. The van der Waals surface area contributed by atoms with Crippen LogP contribution in [0.4, 0.5) is 0 Å². The summed E-state index contributed by atoms with van der Waals surface area (Å²) in [7, 11) is 0. The Morgan fingerprint density at radius 3 is 0.608 bits per heavy atom. The van der Waals surface area contributed by atoms with E-state index in [1.165, 1.54) is 178 Å². The molecule has 0 aliphatic carbocycles. The van der Waals surface area contributed by atoms with Crippen molar-refractivity contribution >= 4 is 0 Å². The minimum Gasteiger partial charge on any atom is -0.0558 e. The first-order chi connectivity index (χ1) is 34.8. The molecule has 0 saturated heterocycles. The van der Waals surface area contributed by atoms with Crippen LogP contribution in [0, 0.1) is 138 Å². The normalized spacial score (nSPS) is 11.3. The summed E-state index contributed by atoms with van der Waals surface area (Å²) in [5.74, 6) is 0. The zero-order chi connectivity index (χ0) is 54.0. The van der Waals surface area contributed by atoms with Crippen LogP contribution in [-0.4, -0.2) is 0 Å². The van der Waals surface area contributed by atoms with Crippen molar-refractivity contribution in [3.05, 3.63) is 275 Å². The molecule has 0 aliphatic heterocycles. The standard InChI is InChI=1S/2C37H44/c1-22-11-28(7)34(15-24(22)3)20-36-18-32(13-26(5)30(36)9)17-33-14-27(6)31(10)37(19-33)21-35-16-25(4)23(2)12-29(35)8;1-22-11-28(7)33(14-25(22)4)17-32-18-36(20-34-15-26(5)23(2)12-29(34)8)31(10)37(19-32)21-35-16-27(6)24(3)13-30(35)9/h2*11-16,18-19H,17,20-21H2,1-10H3. The highest BCUT2D eigenvalue weighted by atomic mass is 14.2. The van der Waals surface area contributed by atoms with Crippen molar-refractivity contribution in [2.75, 3.05) is 0 Å². The number of benzene rings is 8. The van der Waals surface area contributed by atoms with E-state index in [-0.39, 0.29) is 0 Å². The molecule has 0 saturated carbocycles. The number of rotatable bonds is 12. The van der Waals surface area contributed by atoms with Gasteiger partial charge in [-0.05, 0) is 355 Å². The van der Waals surface area contributed by atoms with Crippen molar-refractivity contribution in [2.24, 2.45) is 0 Å². The summed E-state index contributed by atoms with van der Waals surface area (Å²) in [6, 6.07) is 38.4. The molecule has 0 N–H and O–H groups in total. The average Bonchev–Trinajstić information content (AvgIpc) is 3.32. The second-order valence-electron chi connectivity index (χ2n) is 23.3. The summed E-state index contributed by atoms with van der Waals surface area (Å²) >= 11 is 0. The Morgan fingerprint density at radius 2 is 0.351 bits per heavy atom. The van der Waals surface area contributed by atoms with E-state index < -0.39 is 0 Å². The molecular formula is C74H88. The van der Waals surface area contributed by atoms with E-state index in [0.29, 0.717) is 0 Å². The Balaban J connectivity index is 0.000000216. The van der Waals surface area contributed by atoms with Crippen molar-refractivity contribution in [1.29, 1.82) is 0 Å². The van der Waals surface area contributed by atoms with Crippen LogP contribution in [0.1, 0.15) is 178 Å². The zero-order valence-electron chi connectivity index (χ0n) is 49.5. The van der Waals surface area contributed by atoms with E-state index in [2.05, 4.69) is 236 Å². The van der Waals surface area contributed by atoms with Gasteiger partial charge in [0, 0.05) is 0 Å².